The molecule has 0 bridgehead atoms. The lowest BCUT2D eigenvalue weighted by molar-refractivity contribution is -0.139. The summed E-state index contributed by atoms with van der Waals surface area (Å²) in [4.78, 5) is 27.3. The molecule has 0 fully saturated rings. The fourth-order valence-corrected chi connectivity index (χ4v) is 5.67. The predicted octanol–water partition coefficient (Wildman–Crippen LogP) is 6.50. The zero-order valence-electron chi connectivity index (χ0n) is 21.5. The van der Waals surface area contributed by atoms with Gasteiger partial charge in [-0.05, 0) is 54.2 Å². The first-order valence-electron chi connectivity index (χ1n) is 12.8. The van der Waals surface area contributed by atoms with E-state index in [1.54, 1.807) is 13.2 Å². The van der Waals surface area contributed by atoms with Crippen molar-refractivity contribution in [1.82, 2.24) is 5.32 Å². The molecular weight excluding hydrogens is 498 g/mol. The van der Waals surface area contributed by atoms with Crippen molar-refractivity contribution in [3.63, 3.8) is 0 Å². The van der Waals surface area contributed by atoms with Gasteiger partial charge in [0.1, 0.15) is 5.75 Å². The van der Waals surface area contributed by atoms with Gasteiger partial charge in [0.15, 0.2) is 5.78 Å². The topological polar surface area (TPSA) is 64.6 Å². The van der Waals surface area contributed by atoms with Crippen LogP contribution in [0.4, 0.5) is 0 Å². The van der Waals surface area contributed by atoms with Crippen molar-refractivity contribution in [2.24, 2.45) is 0 Å². The molecule has 0 amide bonds. The molecule has 1 aliphatic heterocycles. The Morgan fingerprint density at radius 2 is 1.68 bits per heavy atom. The maximum Gasteiger partial charge on any atom is 0.336 e. The van der Waals surface area contributed by atoms with Crippen LogP contribution in [-0.2, 0) is 20.7 Å². The van der Waals surface area contributed by atoms with Crippen molar-refractivity contribution in [2.75, 3.05) is 13.7 Å². The Morgan fingerprint density at radius 1 is 0.974 bits per heavy atom. The Balaban J connectivity index is 1.46. The lowest BCUT2D eigenvalue weighted by atomic mass is 9.71. The molecule has 6 heteroatoms. The number of Topliss-reactive ketones (excluding diaryl/α,β-unsaturated/α-hetero) is 1. The zero-order chi connectivity index (χ0) is 26.6. The van der Waals surface area contributed by atoms with Gasteiger partial charge in [0.05, 0.1) is 19.3 Å². The Bertz CT molecular complexity index is 1410. The van der Waals surface area contributed by atoms with Gasteiger partial charge in [0.25, 0.3) is 0 Å². The average molecular weight is 528 g/mol. The Hall–Kier alpha value is -3.83. The standard InChI is InChI=1S/C32H30ClNO4/c1-20-29(32(36)38-17-16-21-8-4-3-5-9-21)30(25-10-6-7-11-26(25)33)31-27(34-20)18-23(19-28(31)35)22-12-14-24(37-2)15-13-22/h3-15,23,30,34H,16-19H2,1-2H3/t23-,30-/m0/s1. The Kier molecular flexibility index (Phi) is 7.66. The maximum atomic E-state index is 13.8. The van der Waals surface area contributed by atoms with E-state index in [2.05, 4.69) is 5.32 Å². The van der Waals surface area contributed by atoms with Crippen molar-refractivity contribution < 1.29 is 19.1 Å². The second kappa shape index (κ2) is 11.3. The van der Waals surface area contributed by atoms with E-state index in [1.807, 2.05) is 79.7 Å². The summed E-state index contributed by atoms with van der Waals surface area (Å²) in [7, 11) is 1.64. The molecule has 0 radical (unpaired) electrons. The molecule has 3 aromatic carbocycles. The van der Waals surface area contributed by atoms with Crippen LogP contribution in [0.15, 0.2) is 101 Å². The van der Waals surface area contributed by atoms with Crippen LogP contribution < -0.4 is 10.1 Å². The minimum absolute atomic E-state index is 0.00609. The Labute approximate surface area is 228 Å². The van der Waals surface area contributed by atoms with E-state index in [0.717, 1.165) is 28.1 Å². The normalized spacial score (nSPS) is 19.1. The number of methoxy groups -OCH3 is 1. The number of hydrogen-bond donors (Lipinski definition) is 1. The van der Waals surface area contributed by atoms with Crippen molar-refractivity contribution in [1.29, 1.82) is 0 Å². The molecule has 0 spiro atoms. The molecule has 3 aromatic rings. The Morgan fingerprint density at radius 3 is 2.39 bits per heavy atom. The molecule has 0 saturated heterocycles. The van der Waals surface area contributed by atoms with E-state index in [4.69, 9.17) is 21.1 Å². The first-order chi connectivity index (χ1) is 18.5. The molecule has 1 aliphatic carbocycles. The van der Waals surface area contributed by atoms with Crippen LogP contribution in [0.3, 0.4) is 0 Å². The van der Waals surface area contributed by atoms with Gasteiger partial charge in [-0.25, -0.2) is 4.79 Å². The average Bonchev–Trinajstić information content (AvgIpc) is 2.93. The summed E-state index contributed by atoms with van der Waals surface area (Å²) in [5.74, 6) is -0.217. The molecule has 0 saturated carbocycles. The molecule has 194 valence electrons. The minimum atomic E-state index is -0.589. The fraction of sp³-hybridized carbons (Fsp3) is 0.250. The summed E-state index contributed by atoms with van der Waals surface area (Å²) in [5.41, 5.74) is 5.45. The van der Waals surface area contributed by atoms with Crippen molar-refractivity contribution in [3.05, 3.63) is 123 Å². The van der Waals surface area contributed by atoms with Crippen molar-refractivity contribution in [3.8, 4) is 5.75 Å². The van der Waals surface area contributed by atoms with E-state index >= 15 is 0 Å². The van der Waals surface area contributed by atoms with Gasteiger partial charge < -0.3 is 14.8 Å². The molecule has 5 nitrogen and oxygen atoms in total. The maximum absolute atomic E-state index is 13.8. The number of carbonyl (C=O) groups excluding carboxylic acids is 2. The summed E-state index contributed by atoms with van der Waals surface area (Å²) in [6, 6.07) is 25.1. The number of ketones is 1. The first-order valence-corrected chi connectivity index (χ1v) is 13.2. The van der Waals surface area contributed by atoms with E-state index in [9.17, 15) is 9.59 Å². The molecular formula is C32H30ClNO4. The number of hydrogen-bond acceptors (Lipinski definition) is 5. The van der Waals surface area contributed by atoms with Crippen LogP contribution in [0, 0.1) is 0 Å². The van der Waals surface area contributed by atoms with E-state index in [1.165, 1.54) is 0 Å². The zero-order valence-corrected chi connectivity index (χ0v) is 22.3. The lowest BCUT2D eigenvalue weighted by Gasteiger charge is -2.37. The number of halogens is 1. The molecule has 0 aromatic heterocycles. The summed E-state index contributed by atoms with van der Waals surface area (Å²) in [5, 5.41) is 3.91. The minimum Gasteiger partial charge on any atom is -0.497 e. The largest absolute Gasteiger partial charge is 0.497 e. The monoisotopic (exact) mass is 527 g/mol. The van der Waals surface area contributed by atoms with Crippen LogP contribution in [0.2, 0.25) is 5.02 Å². The molecule has 2 atom stereocenters. The van der Waals surface area contributed by atoms with Crippen LogP contribution in [0.1, 0.15) is 48.3 Å². The summed E-state index contributed by atoms with van der Waals surface area (Å²) in [6.07, 6.45) is 1.62. The predicted molar refractivity (Wildman–Crippen MR) is 148 cm³/mol. The molecule has 5 rings (SSSR count). The highest BCUT2D eigenvalue weighted by atomic mass is 35.5. The third-order valence-corrected chi connectivity index (χ3v) is 7.66. The third-order valence-electron chi connectivity index (χ3n) is 7.32. The number of allylic oxidation sites excluding steroid dienone is 3. The van der Waals surface area contributed by atoms with Gasteiger partial charge in [0, 0.05) is 40.7 Å². The van der Waals surface area contributed by atoms with Crippen molar-refractivity contribution in [2.45, 2.75) is 38.0 Å². The molecule has 1 heterocycles. The number of dihydropyridines is 1. The number of nitrogens with one attached hydrogen (secondary N) is 1. The fourth-order valence-electron chi connectivity index (χ4n) is 5.43. The number of carbonyl (C=O) groups is 2. The molecule has 2 aliphatic rings. The number of ether oxygens (including phenoxy) is 2. The quantitative estimate of drug-likeness (QED) is 0.355. The number of benzene rings is 3. The number of esters is 1. The first kappa shape index (κ1) is 25.8. The van der Waals surface area contributed by atoms with Gasteiger partial charge in [0.2, 0.25) is 0 Å². The highest BCUT2D eigenvalue weighted by molar-refractivity contribution is 6.31. The van der Waals surface area contributed by atoms with Crippen LogP contribution >= 0.6 is 11.6 Å². The van der Waals surface area contributed by atoms with Gasteiger partial charge in [-0.15, -0.1) is 0 Å². The van der Waals surface area contributed by atoms with Crippen molar-refractivity contribution >= 4 is 23.4 Å². The van der Waals surface area contributed by atoms with Gasteiger partial charge in [-0.1, -0.05) is 72.3 Å². The highest BCUT2D eigenvalue weighted by Crippen LogP contribution is 2.47. The SMILES string of the molecule is COc1ccc([C@@H]2CC(=O)C3=C(C2)NC(C)=C(C(=O)OCCc2ccccc2)[C@@H]3c2ccccc2Cl)cc1. The van der Waals surface area contributed by atoms with Crippen LogP contribution in [-0.4, -0.2) is 25.5 Å². The summed E-state index contributed by atoms with van der Waals surface area (Å²) in [6.45, 7) is 2.11. The molecule has 1 N–H and O–H groups in total. The van der Waals surface area contributed by atoms with E-state index in [0.29, 0.717) is 41.1 Å². The van der Waals surface area contributed by atoms with E-state index in [-0.39, 0.29) is 18.3 Å². The summed E-state index contributed by atoms with van der Waals surface area (Å²) >= 11 is 6.65. The van der Waals surface area contributed by atoms with Crippen LogP contribution in [0.25, 0.3) is 0 Å². The summed E-state index contributed by atoms with van der Waals surface area (Å²) < 4.78 is 11.0. The van der Waals surface area contributed by atoms with E-state index < -0.39 is 11.9 Å². The lowest BCUT2D eigenvalue weighted by Crippen LogP contribution is -2.36. The smallest absolute Gasteiger partial charge is 0.336 e. The number of rotatable bonds is 7. The molecule has 38 heavy (non-hydrogen) atoms. The van der Waals surface area contributed by atoms with Crippen LogP contribution in [0.5, 0.6) is 5.75 Å². The second-order valence-corrected chi connectivity index (χ2v) is 10.1. The molecule has 0 unspecified atom stereocenters. The van der Waals surface area contributed by atoms with Gasteiger partial charge in [-0.3, -0.25) is 4.79 Å². The third kappa shape index (κ3) is 5.25. The van der Waals surface area contributed by atoms with Gasteiger partial charge >= 0.3 is 5.97 Å². The van der Waals surface area contributed by atoms with Gasteiger partial charge in [-0.2, -0.15) is 0 Å². The highest BCUT2D eigenvalue weighted by Gasteiger charge is 2.42. The second-order valence-electron chi connectivity index (χ2n) is 9.68.